The first-order chi connectivity index (χ1) is 15.1. The fourth-order valence-corrected chi connectivity index (χ4v) is 4.93. The molecule has 2 N–H and O–H groups in total. The number of methoxy groups -OCH3 is 1. The average Bonchev–Trinajstić information content (AvgIpc) is 3.22. The highest BCUT2D eigenvalue weighted by Gasteiger charge is 2.25. The van der Waals surface area contributed by atoms with Gasteiger partial charge in [-0.2, -0.15) is 10.1 Å². The van der Waals surface area contributed by atoms with Crippen molar-refractivity contribution in [3.05, 3.63) is 35.7 Å². The lowest BCUT2D eigenvalue weighted by atomic mass is 9.86. The van der Waals surface area contributed by atoms with Crippen molar-refractivity contribution in [3.63, 3.8) is 0 Å². The van der Waals surface area contributed by atoms with Gasteiger partial charge in [0.15, 0.2) is 5.65 Å². The summed E-state index contributed by atoms with van der Waals surface area (Å²) < 4.78 is 7.67. The Labute approximate surface area is 182 Å². The topological polar surface area (TPSA) is 88.3 Å². The number of fused-ring (bicyclic) bond motifs is 2. The molecule has 5 rings (SSSR count). The molecule has 0 bridgehead atoms. The van der Waals surface area contributed by atoms with E-state index in [1.165, 1.54) is 11.1 Å². The van der Waals surface area contributed by atoms with Crippen molar-refractivity contribution < 1.29 is 9.84 Å². The first-order valence-electron chi connectivity index (χ1n) is 11.1. The van der Waals surface area contributed by atoms with E-state index < -0.39 is 0 Å². The summed E-state index contributed by atoms with van der Waals surface area (Å²) in [6.45, 7) is 2.23. The maximum atomic E-state index is 9.60. The summed E-state index contributed by atoms with van der Waals surface area (Å²) in [7, 11) is 3.84. The largest absolute Gasteiger partial charge is 0.495 e. The second kappa shape index (κ2) is 8.43. The number of ether oxygens (including phenoxy) is 1. The molecule has 31 heavy (non-hydrogen) atoms. The van der Waals surface area contributed by atoms with Gasteiger partial charge < -0.3 is 20.1 Å². The van der Waals surface area contributed by atoms with Gasteiger partial charge in [-0.05, 0) is 61.9 Å². The van der Waals surface area contributed by atoms with Crippen molar-refractivity contribution in [2.45, 2.75) is 44.7 Å². The molecule has 3 heterocycles. The second-order valence-electron chi connectivity index (χ2n) is 8.86. The molecule has 0 saturated heterocycles. The predicted octanol–water partition coefficient (Wildman–Crippen LogP) is 3.29. The van der Waals surface area contributed by atoms with Gasteiger partial charge >= 0.3 is 0 Å². The van der Waals surface area contributed by atoms with Crippen molar-refractivity contribution in [2.75, 3.05) is 32.6 Å². The number of hydrogen-bond acceptors (Lipinski definition) is 7. The molecule has 2 aromatic heterocycles. The highest BCUT2D eigenvalue weighted by molar-refractivity contribution is 5.76. The lowest BCUT2D eigenvalue weighted by molar-refractivity contribution is 0.159. The Bertz CT molecular complexity index is 1080. The molecular formula is C23H30N6O2. The van der Waals surface area contributed by atoms with Crippen molar-refractivity contribution in [1.82, 2.24) is 24.6 Å². The van der Waals surface area contributed by atoms with Gasteiger partial charge in [-0.1, -0.05) is 6.42 Å². The molecule has 1 saturated carbocycles. The molecule has 2 atom stereocenters. The van der Waals surface area contributed by atoms with Crippen LogP contribution in [0.2, 0.25) is 0 Å². The van der Waals surface area contributed by atoms with Gasteiger partial charge in [0, 0.05) is 25.9 Å². The first-order valence-corrected chi connectivity index (χ1v) is 11.1. The number of anilines is 2. The number of likely N-dealkylation sites (N-methyl/N-ethyl adjacent to an activating group) is 1. The van der Waals surface area contributed by atoms with Crippen LogP contribution in [-0.4, -0.2) is 57.1 Å². The molecule has 164 valence electrons. The number of aliphatic hydroxyl groups is 1. The lowest BCUT2D eigenvalue weighted by Crippen LogP contribution is -2.26. The fraction of sp³-hybridized carbons (Fsp3) is 0.522. The Kier molecular flexibility index (Phi) is 5.50. The lowest BCUT2D eigenvalue weighted by Gasteiger charge is -2.28. The van der Waals surface area contributed by atoms with Gasteiger partial charge in [0.25, 0.3) is 0 Å². The molecule has 8 nitrogen and oxygen atoms in total. The molecule has 0 spiro atoms. The normalized spacial score (nSPS) is 21.8. The minimum Gasteiger partial charge on any atom is -0.495 e. The number of benzene rings is 1. The van der Waals surface area contributed by atoms with E-state index >= 15 is 0 Å². The summed E-state index contributed by atoms with van der Waals surface area (Å²) >= 11 is 0. The minimum absolute atomic E-state index is 0.241. The Morgan fingerprint density at radius 1 is 1.23 bits per heavy atom. The van der Waals surface area contributed by atoms with Crippen molar-refractivity contribution in [3.8, 4) is 5.75 Å². The van der Waals surface area contributed by atoms with Crippen molar-refractivity contribution in [2.24, 2.45) is 5.92 Å². The number of aromatic nitrogens is 4. The highest BCUT2D eigenvalue weighted by atomic mass is 16.5. The van der Waals surface area contributed by atoms with Crippen LogP contribution in [0, 0.1) is 5.92 Å². The van der Waals surface area contributed by atoms with Crippen LogP contribution in [0.15, 0.2) is 24.5 Å². The molecule has 1 aliphatic heterocycles. The van der Waals surface area contributed by atoms with E-state index in [-0.39, 0.29) is 12.6 Å². The average molecular weight is 423 g/mol. The summed E-state index contributed by atoms with van der Waals surface area (Å²) in [6, 6.07) is 4.55. The zero-order valence-corrected chi connectivity index (χ0v) is 18.2. The molecule has 1 aliphatic carbocycles. The minimum atomic E-state index is 0.241. The van der Waals surface area contributed by atoms with Crippen LogP contribution in [0.3, 0.4) is 0 Å². The molecule has 0 amide bonds. The van der Waals surface area contributed by atoms with Crippen LogP contribution in [0.25, 0.3) is 11.0 Å². The number of aliphatic hydroxyl groups excluding tert-OH is 1. The van der Waals surface area contributed by atoms with Crippen LogP contribution < -0.4 is 10.1 Å². The second-order valence-corrected chi connectivity index (χ2v) is 8.86. The summed E-state index contributed by atoms with van der Waals surface area (Å²) in [5.41, 5.74) is 4.35. The number of rotatable bonds is 5. The number of hydrogen-bond donors (Lipinski definition) is 2. The van der Waals surface area contributed by atoms with Crippen LogP contribution >= 0.6 is 0 Å². The monoisotopic (exact) mass is 422 g/mol. The standard InChI is InChI=1S/C23H30N6O2/c1-28-7-6-16-10-21(31-2)20(9-17(16)13-28)26-23-24-11-18-12-25-29(22(18)27-23)19-5-3-4-15(8-19)14-30/h9-12,15,19,30H,3-8,13-14H2,1-2H3,(H,24,26,27)/t15-,19-/m0/s1. The van der Waals surface area contributed by atoms with Gasteiger partial charge in [-0.15, -0.1) is 0 Å². The maximum Gasteiger partial charge on any atom is 0.229 e. The molecule has 1 aromatic carbocycles. The molecule has 0 radical (unpaired) electrons. The van der Waals surface area contributed by atoms with E-state index in [2.05, 4.69) is 39.5 Å². The van der Waals surface area contributed by atoms with E-state index in [0.717, 1.165) is 67.7 Å². The summed E-state index contributed by atoms with van der Waals surface area (Å²) in [6.07, 6.45) is 8.87. The zero-order chi connectivity index (χ0) is 21.4. The van der Waals surface area contributed by atoms with Crippen molar-refractivity contribution >= 4 is 22.7 Å². The van der Waals surface area contributed by atoms with E-state index in [1.807, 2.05) is 17.1 Å². The molecule has 3 aromatic rings. The zero-order valence-electron chi connectivity index (χ0n) is 18.2. The molecular weight excluding hydrogens is 392 g/mol. The Hall–Kier alpha value is -2.71. The smallest absolute Gasteiger partial charge is 0.229 e. The highest BCUT2D eigenvalue weighted by Crippen LogP contribution is 2.35. The summed E-state index contributed by atoms with van der Waals surface area (Å²) in [4.78, 5) is 11.6. The summed E-state index contributed by atoms with van der Waals surface area (Å²) in [5.74, 6) is 1.68. The Morgan fingerprint density at radius 3 is 2.97 bits per heavy atom. The maximum absolute atomic E-state index is 9.60. The molecule has 0 unspecified atom stereocenters. The van der Waals surface area contributed by atoms with E-state index in [1.54, 1.807) is 7.11 Å². The number of nitrogens with zero attached hydrogens (tertiary/aromatic N) is 5. The first kappa shape index (κ1) is 20.2. The SMILES string of the molecule is COc1cc2c(cc1Nc1ncc3cnn([C@H]4CCC[C@H](CO)C4)c3n1)CN(C)CC2. The quantitative estimate of drug-likeness (QED) is 0.652. The van der Waals surface area contributed by atoms with Crippen LogP contribution in [0.1, 0.15) is 42.9 Å². The van der Waals surface area contributed by atoms with E-state index in [4.69, 9.17) is 9.72 Å². The number of nitrogens with one attached hydrogen (secondary N) is 1. The Morgan fingerprint density at radius 2 is 2.13 bits per heavy atom. The third-order valence-corrected chi connectivity index (χ3v) is 6.66. The van der Waals surface area contributed by atoms with Gasteiger partial charge in [-0.3, -0.25) is 0 Å². The molecule has 1 fully saturated rings. The van der Waals surface area contributed by atoms with Gasteiger partial charge in [0.05, 0.1) is 30.4 Å². The van der Waals surface area contributed by atoms with Crippen molar-refractivity contribution in [1.29, 1.82) is 0 Å². The summed E-state index contributed by atoms with van der Waals surface area (Å²) in [5, 5.41) is 18.5. The molecule has 8 heteroatoms. The predicted molar refractivity (Wildman–Crippen MR) is 120 cm³/mol. The van der Waals surface area contributed by atoms with Crippen LogP contribution in [0.5, 0.6) is 5.75 Å². The van der Waals surface area contributed by atoms with E-state index in [9.17, 15) is 5.11 Å². The van der Waals surface area contributed by atoms with Gasteiger partial charge in [0.1, 0.15) is 5.75 Å². The third-order valence-electron chi connectivity index (χ3n) is 6.66. The van der Waals surface area contributed by atoms with Crippen LogP contribution in [0.4, 0.5) is 11.6 Å². The fourth-order valence-electron chi connectivity index (χ4n) is 4.93. The van der Waals surface area contributed by atoms with Crippen LogP contribution in [-0.2, 0) is 13.0 Å². The third kappa shape index (κ3) is 3.97. The Balaban J connectivity index is 1.45. The van der Waals surface area contributed by atoms with E-state index in [0.29, 0.717) is 11.9 Å². The molecule has 2 aliphatic rings. The van der Waals surface area contributed by atoms with Gasteiger partial charge in [-0.25, -0.2) is 9.67 Å². The van der Waals surface area contributed by atoms with Gasteiger partial charge in [0.2, 0.25) is 5.95 Å².